The van der Waals surface area contributed by atoms with Crippen molar-refractivity contribution in [3.63, 3.8) is 0 Å². The van der Waals surface area contributed by atoms with Crippen molar-refractivity contribution in [1.29, 1.82) is 0 Å². The lowest BCUT2D eigenvalue weighted by molar-refractivity contribution is -0.122. The van der Waals surface area contributed by atoms with Gasteiger partial charge in [0, 0.05) is 12.8 Å². The molecule has 2 N–H and O–H groups in total. The van der Waals surface area contributed by atoms with Crippen molar-refractivity contribution in [2.75, 3.05) is 13.3 Å². The van der Waals surface area contributed by atoms with Crippen molar-refractivity contribution in [1.82, 2.24) is 10.6 Å². The van der Waals surface area contributed by atoms with Gasteiger partial charge in [-0.1, -0.05) is 51.0 Å². The molecule has 1 aromatic carbocycles. The third-order valence-corrected chi connectivity index (χ3v) is 4.43. The molecule has 6 heteroatoms. The molecule has 0 saturated carbocycles. The molecule has 0 radical (unpaired) electrons. The minimum Gasteiger partial charge on any atom is -0.444 e. The van der Waals surface area contributed by atoms with E-state index in [1.165, 1.54) is 11.1 Å². The topological polar surface area (TPSA) is 67.4 Å². The average Bonchev–Trinajstić information content (AvgIpc) is 2.64. The van der Waals surface area contributed by atoms with Crippen LogP contribution in [0.5, 0.6) is 0 Å². The van der Waals surface area contributed by atoms with Gasteiger partial charge in [0.25, 0.3) is 0 Å². The zero-order valence-corrected chi connectivity index (χ0v) is 19.4. The molecule has 28 heavy (non-hydrogen) atoms. The van der Waals surface area contributed by atoms with Crippen LogP contribution >= 0.6 is 11.8 Å². The van der Waals surface area contributed by atoms with E-state index < -0.39 is 17.7 Å². The quantitative estimate of drug-likeness (QED) is 0.638. The summed E-state index contributed by atoms with van der Waals surface area (Å²) in [5.41, 5.74) is 2.33. The zero-order chi connectivity index (χ0) is 21.6. The van der Waals surface area contributed by atoms with Crippen molar-refractivity contribution < 1.29 is 14.3 Å². The molecule has 0 heterocycles. The molecule has 2 amide bonds. The van der Waals surface area contributed by atoms with Gasteiger partial charge in [0.1, 0.15) is 11.6 Å². The maximum absolute atomic E-state index is 11.5. The van der Waals surface area contributed by atoms with Gasteiger partial charge in [0.05, 0.1) is 0 Å². The fourth-order valence-corrected chi connectivity index (χ4v) is 2.92. The number of aryl methyl sites for hydroxylation is 1. The second-order valence-corrected chi connectivity index (χ2v) is 8.43. The van der Waals surface area contributed by atoms with E-state index >= 15 is 0 Å². The van der Waals surface area contributed by atoms with Gasteiger partial charge in [0.15, 0.2) is 0 Å². The minimum atomic E-state index is -0.554. The van der Waals surface area contributed by atoms with Crippen LogP contribution in [0.1, 0.15) is 65.0 Å². The highest BCUT2D eigenvalue weighted by molar-refractivity contribution is 7.97. The van der Waals surface area contributed by atoms with Crippen LogP contribution in [0.15, 0.2) is 24.3 Å². The third-order valence-electron chi connectivity index (χ3n) is 3.81. The Labute approximate surface area is 175 Å². The molecule has 160 valence electrons. The standard InChI is InChI=1S/C12H24N2O3.C10H14S/c1-6-7-8-9(10(15)13-5)14-11(16)17-12(2,3)4;1-3-9-5-4-6-10(7-9)8-11-2/h9H,6-8H2,1-5H3,(H,13,15)(H,14,16);4-7H,3,8H2,1-2H3/t9-;/m0./s1. The van der Waals surface area contributed by atoms with E-state index in [2.05, 4.69) is 48.1 Å². The summed E-state index contributed by atoms with van der Waals surface area (Å²) >= 11 is 1.87. The molecular formula is C22H38N2O3S. The molecule has 1 atom stereocenters. The average molecular weight is 411 g/mol. The van der Waals surface area contributed by atoms with Gasteiger partial charge < -0.3 is 15.4 Å². The van der Waals surface area contributed by atoms with Crippen LogP contribution in [-0.2, 0) is 21.7 Å². The number of likely N-dealkylation sites (N-methyl/N-ethyl adjacent to an activating group) is 1. The predicted octanol–water partition coefficient (Wildman–Crippen LogP) is 4.93. The lowest BCUT2D eigenvalue weighted by Gasteiger charge is -2.22. The normalized spacial score (nSPS) is 11.7. The first-order valence-electron chi connectivity index (χ1n) is 9.94. The fourth-order valence-electron chi connectivity index (χ4n) is 2.41. The number of hydrogen-bond donors (Lipinski definition) is 2. The number of carbonyl (C=O) groups excluding carboxylic acids is 2. The van der Waals surface area contributed by atoms with E-state index in [9.17, 15) is 9.59 Å². The van der Waals surface area contributed by atoms with Gasteiger partial charge >= 0.3 is 6.09 Å². The molecule has 1 rings (SSSR count). The van der Waals surface area contributed by atoms with Crippen molar-refractivity contribution in [3.8, 4) is 0 Å². The number of amides is 2. The summed E-state index contributed by atoms with van der Waals surface area (Å²) in [6, 6.07) is 8.29. The Morgan fingerprint density at radius 1 is 1.18 bits per heavy atom. The van der Waals surface area contributed by atoms with E-state index in [4.69, 9.17) is 4.74 Å². The van der Waals surface area contributed by atoms with Crippen LogP contribution in [0, 0.1) is 0 Å². The molecular weight excluding hydrogens is 372 g/mol. The number of alkyl carbamates (subject to hydrolysis) is 1. The molecule has 0 aliphatic heterocycles. The maximum atomic E-state index is 11.5. The molecule has 5 nitrogen and oxygen atoms in total. The zero-order valence-electron chi connectivity index (χ0n) is 18.6. The van der Waals surface area contributed by atoms with Gasteiger partial charge in [0.2, 0.25) is 5.91 Å². The SMILES string of the molecule is CCCC[C@H](NC(=O)OC(C)(C)C)C(=O)NC.CCc1cccc(CSC)c1. The Hall–Kier alpha value is -1.69. The van der Waals surface area contributed by atoms with Crippen LogP contribution in [0.2, 0.25) is 0 Å². The number of benzene rings is 1. The number of ether oxygens (including phenoxy) is 1. The fraction of sp³-hybridized carbons (Fsp3) is 0.636. The van der Waals surface area contributed by atoms with Crippen molar-refractivity contribution in [2.24, 2.45) is 0 Å². The minimum absolute atomic E-state index is 0.190. The van der Waals surface area contributed by atoms with Crippen LogP contribution in [0.3, 0.4) is 0 Å². The highest BCUT2D eigenvalue weighted by Crippen LogP contribution is 2.11. The molecule has 0 saturated heterocycles. The summed E-state index contributed by atoms with van der Waals surface area (Å²) in [6.45, 7) is 9.58. The molecule has 0 aliphatic rings. The Kier molecular flexibility index (Phi) is 13.5. The second kappa shape index (κ2) is 14.3. The van der Waals surface area contributed by atoms with Gasteiger partial charge in [-0.25, -0.2) is 4.79 Å². The smallest absolute Gasteiger partial charge is 0.408 e. The van der Waals surface area contributed by atoms with Crippen LogP contribution < -0.4 is 10.6 Å². The van der Waals surface area contributed by atoms with E-state index in [0.29, 0.717) is 6.42 Å². The summed E-state index contributed by atoms with van der Waals surface area (Å²) < 4.78 is 5.11. The van der Waals surface area contributed by atoms with E-state index in [1.54, 1.807) is 27.8 Å². The first kappa shape index (κ1) is 26.3. The van der Waals surface area contributed by atoms with Gasteiger partial charge in [-0.2, -0.15) is 11.8 Å². The van der Waals surface area contributed by atoms with Gasteiger partial charge in [-0.3, -0.25) is 4.79 Å². The van der Waals surface area contributed by atoms with Crippen LogP contribution in [0.25, 0.3) is 0 Å². The Bertz CT molecular complexity index is 585. The molecule has 0 bridgehead atoms. The Morgan fingerprint density at radius 3 is 2.32 bits per heavy atom. The molecule has 0 aromatic heterocycles. The molecule has 0 spiro atoms. The first-order valence-corrected chi connectivity index (χ1v) is 11.3. The summed E-state index contributed by atoms with van der Waals surface area (Å²) in [5.74, 6) is 0.942. The van der Waals surface area contributed by atoms with Gasteiger partial charge in [-0.15, -0.1) is 0 Å². The van der Waals surface area contributed by atoms with Crippen molar-refractivity contribution in [2.45, 2.75) is 77.7 Å². The maximum Gasteiger partial charge on any atom is 0.408 e. The number of carbonyl (C=O) groups is 2. The number of unbranched alkanes of at least 4 members (excludes halogenated alkanes) is 1. The summed E-state index contributed by atoms with van der Waals surface area (Å²) in [5, 5.41) is 5.12. The van der Waals surface area contributed by atoms with Crippen molar-refractivity contribution in [3.05, 3.63) is 35.4 Å². The first-order chi connectivity index (χ1) is 13.2. The van der Waals surface area contributed by atoms with E-state index in [-0.39, 0.29) is 5.91 Å². The Balaban J connectivity index is 0.000000567. The highest BCUT2D eigenvalue weighted by atomic mass is 32.2. The molecule has 0 fully saturated rings. The largest absolute Gasteiger partial charge is 0.444 e. The van der Waals surface area contributed by atoms with Crippen LogP contribution in [0.4, 0.5) is 4.79 Å². The Morgan fingerprint density at radius 2 is 1.82 bits per heavy atom. The molecule has 1 aromatic rings. The summed E-state index contributed by atoms with van der Waals surface area (Å²) in [7, 11) is 1.55. The van der Waals surface area contributed by atoms with E-state index in [0.717, 1.165) is 25.0 Å². The third kappa shape index (κ3) is 12.7. The highest BCUT2D eigenvalue weighted by Gasteiger charge is 2.22. The van der Waals surface area contributed by atoms with Gasteiger partial charge in [-0.05, 0) is 51.0 Å². The predicted molar refractivity (Wildman–Crippen MR) is 120 cm³/mol. The molecule has 0 aliphatic carbocycles. The van der Waals surface area contributed by atoms with Crippen molar-refractivity contribution >= 4 is 23.8 Å². The monoisotopic (exact) mass is 410 g/mol. The summed E-state index contributed by atoms with van der Waals surface area (Å²) in [6.07, 6.45) is 5.20. The number of rotatable bonds is 8. The number of nitrogens with one attached hydrogen (secondary N) is 2. The second-order valence-electron chi connectivity index (χ2n) is 7.56. The molecule has 0 unspecified atom stereocenters. The number of hydrogen-bond acceptors (Lipinski definition) is 4. The lowest BCUT2D eigenvalue weighted by Crippen LogP contribution is -2.47. The summed E-state index contributed by atoms with van der Waals surface area (Å²) in [4.78, 5) is 23.1. The van der Waals surface area contributed by atoms with E-state index in [1.807, 2.05) is 18.7 Å². The van der Waals surface area contributed by atoms with Crippen LogP contribution in [-0.4, -0.2) is 36.9 Å². The number of thioether (sulfide) groups is 1. The lowest BCUT2D eigenvalue weighted by atomic mass is 10.1.